The molecule has 2 N–H and O–H groups in total. The highest BCUT2D eigenvalue weighted by molar-refractivity contribution is 5.81. The van der Waals surface area contributed by atoms with Crippen LogP contribution in [0.1, 0.15) is 52.4 Å². The van der Waals surface area contributed by atoms with Gasteiger partial charge in [-0.2, -0.15) is 0 Å². The fourth-order valence-electron chi connectivity index (χ4n) is 2.81. The van der Waals surface area contributed by atoms with E-state index in [2.05, 4.69) is 10.6 Å². The van der Waals surface area contributed by atoms with Crippen molar-refractivity contribution in [3.8, 4) is 5.75 Å². The van der Waals surface area contributed by atoms with Crippen molar-refractivity contribution in [2.45, 2.75) is 64.5 Å². The molecule has 0 unspecified atom stereocenters. The standard InChI is InChI=1S/C18H28N2O2/c1-14(2)22-17-11-9-15(10-12-17)19-13-18(21)20-16-7-5-3-4-6-8-16/h9-12,14,16,19H,3-8,13H2,1-2H3,(H,20,21). The Bertz CT molecular complexity index is 449. The van der Waals surface area contributed by atoms with Crippen LogP contribution in [0.5, 0.6) is 5.75 Å². The Kier molecular flexibility index (Phi) is 6.56. The molecule has 0 radical (unpaired) electrons. The van der Waals surface area contributed by atoms with Gasteiger partial charge in [0.15, 0.2) is 0 Å². The molecule has 0 aromatic heterocycles. The maximum atomic E-state index is 12.0. The van der Waals surface area contributed by atoms with Crippen molar-refractivity contribution in [3.05, 3.63) is 24.3 Å². The van der Waals surface area contributed by atoms with Crippen LogP contribution < -0.4 is 15.4 Å². The quantitative estimate of drug-likeness (QED) is 0.787. The Morgan fingerprint density at radius 1 is 1.14 bits per heavy atom. The van der Waals surface area contributed by atoms with E-state index >= 15 is 0 Å². The molecular weight excluding hydrogens is 276 g/mol. The molecule has 1 aromatic carbocycles. The van der Waals surface area contributed by atoms with Crippen LogP contribution >= 0.6 is 0 Å². The van der Waals surface area contributed by atoms with Crippen molar-refractivity contribution in [2.24, 2.45) is 0 Å². The molecule has 0 aliphatic heterocycles. The van der Waals surface area contributed by atoms with Gasteiger partial charge in [0.2, 0.25) is 5.91 Å². The second-order valence-electron chi connectivity index (χ2n) is 6.30. The summed E-state index contributed by atoms with van der Waals surface area (Å²) in [6.07, 6.45) is 7.47. The third-order valence-electron chi connectivity index (χ3n) is 3.90. The number of nitrogens with one attached hydrogen (secondary N) is 2. The van der Waals surface area contributed by atoms with E-state index in [0.29, 0.717) is 12.6 Å². The van der Waals surface area contributed by atoms with Crippen molar-refractivity contribution < 1.29 is 9.53 Å². The molecule has 4 nitrogen and oxygen atoms in total. The second-order valence-corrected chi connectivity index (χ2v) is 6.30. The zero-order valence-electron chi connectivity index (χ0n) is 13.7. The summed E-state index contributed by atoms with van der Waals surface area (Å²) in [5.41, 5.74) is 0.937. The Hall–Kier alpha value is -1.71. The van der Waals surface area contributed by atoms with Gasteiger partial charge in [-0.25, -0.2) is 0 Å². The van der Waals surface area contributed by atoms with E-state index in [1.54, 1.807) is 0 Å². The third kappa shape index (κ3) is 5.96. The molecule has 1 aliphatic carbocycles. The van der Waals surface area contributed by atoms with Gasteiger partial charge in [0.05, 0.1) is 12.6 Å². The fourth-order valence-corrected chi connectivity index (χ4v) is 2.81. The zero-order chi connectivity index (χ0) is 15.8. The minimum absolute atomic E-state index is 0.0782. The molecule has 1 amide bonds. The molecule has 0 saturated heterocycles. The predicted octanol–water partition coefficient (Wildman–Crippen LogP) is 3.72. The van der Waals surface area contributed by atoms with E-state index in [-0.39, 0.29) is 12.0 Å². The van der Waals surface area contributed by atoms with Gasteiger partial charge in [-0.3, -0.25) is 4.79 Å². The van der Waals surface area contributed by atoms with Gasteiger partial charge in [0.25, 0.3) is 0 Å². The summed E-state index contributed by atoms with van der Waals surface area (Å²) < 4.78 is 5.60. The normalized spacial score (nSPS) is 16.1. The van der Waals surface area contributed by atoms with Crippen molar-refractivity contribution in [3.63, 3.8) is 0 Å². The number of rotatable bonds is 6. The summed E-state index contributed by atoms with van der Waals surface area (Å²) in [6, 6.07) is 8.09. The van der Waals surface area contributed by atoms with Crippen LogP contribution in [0.2, 0.25) is 0 Å². The van der Waals surface area contributed by atoms with Crippen LogP contribution in [0.3, 0.4) is 0 Å². The van der Waals surface area contributed by atoms with Crippen LogP contribution in [0.4, 0.5) is 5.69 Å². The highest BCUT2D eigenvalue weighted by atomic mass is 16.5. The van der Waals surface area contributed by atoms with E-state index in [4.69, 9.17) is 4.74 Å². The van der Waals surface area contributed by atoms with Crippen LogP contribution in [0.25, 0.3) is 0 Å². The number of anilines is 1. The van der Waals surface area contributed by atoms with Gasteiger partial charge in [-0.15, -0.1) is 0 Å². The first-order valence-corrected chi connectivity index (χ1v) is 8.43. The summed E-state index contributed by atoms with van der Waals surface area (Å²) in [7, 11) is 0. The molecule has 1 fully saturated rings. The van der Waals surface area contributed by atoms with Crippen molar-refractivity contribution >= 4 is 11.6 Å². The van der Waals surface area contributed by atoms with E-state index in [9.17, 15) is 4.79 Å². The van der Waals surface area contributed by atoms with E-state index < -0.39 is 0 Å². The SMILES string of the molecule is CC(C)Oc1ccc(NCC(=O)NC2CCCCCC2)cc1. The first-order valence-electron chi connectivity index (χ1n) is 8.43. The molecule has 0 bridgehead atoms. The van der Waals surface area contributed by atoms with E-state index in [0.717, 1.165) is 24.3 Å². The van der Waals surface area contributed by atoms with Gasteiger partial charge in [0, 0.05) is 11.7 Å². The van der Waals surface area contributed by atoms with Gasteiger partial charge < -0.3 is 15.4 Å². The molecule has 0 spiro atoms. The number of carbonyl (C=O) groups is 1. The summed E-state index contributed by atoms with van der Waals surface area (Å²) in [4.78, 5) is 12.0. The highest BCUT2D eigenvalue weighted by Gasteiger charge is 2.14. The Morgan fingerprint density at radius 3 is 2.36 bits per heavy atom. The summed E-state index contributed by atoms with van der Waals surface area (Å²) in [5, 5.41) is 6.30. The smallest absolute Gasteiger partial charge is 0.239 e. The molecule has 4 heteroatoms. The first-order chi connectivity index (χ1) is 10.6. The Labute approximate surface area is 133 Å². The number of benzene rings is 1. The van der Waals surface area contributed by atoms with Crippen molar-refractivity contribution in [1.29, 1.82) is 0 Å². The number of carbonyl (C=O) groups excluding carboxylic acids is 1. The fraction of sp³-hybridized carbons (Fsp3) is 0.611. The Morgan fingerprint density at radius 2 is 1.77 bits per heavy atom. The van der Waals surface area contributed by atoms with E-state index in [1.165, 1.54) is 25.7 Å². The topological polar surface area (TPSA) is 50.4 Å². The van der Waals surface area contributed by atoms with Gasteiger partial charge in [0.1, 0.15) is 5.75 Å². The first kappa shape index (κ1) is 16.7. The number of hydrogen-bond acceptors (Lipinski definition) is 3. The maximum absolute atomic E-state index is 12.0. The minimum atomic E-state index is 0.0782. The number of amides is 1. The van der Waals surface area contributed by atoms with Crippen LogP contribution in [-0.4, -0.2) is 24.6 Å². The molecule has 1 aliphatic rings. The van der Waals surface area contributed by atoms with Crippen LogP contribution in [0.15, 0.2) is 24.3 Å². The maximum Gasteiger partial charge on any atom is 0.239 e. The van der Waals surface area contributed by atoms with Crippen molar-refractivity contribution in [2.75, 3.05) is 11.9 Å². The molecule has 122 valence electrons. The predicted molar refractivity (Wildman–Crippen MR) is 90.3 cm³/mol. The molecule has 1 aromatic rings. The lowest BCUT2D eigenvalue weighted by molar-refractivity contribution is -0.120. The van der Waals surface area contributed by atoms with Crippen LogP contribution in [-0.2, 0) is 4.79 Å². The van der Waals surface area contributed by atoms with Gasteiger partial charge in [-0.05, 0) is 51.0 Å². The van der Waals surface area contributed by atoms with Crippen molar-refractivity contribution in [1.82, 2.24) is 5.32 Å². The van der Waals surface area contributed by atoms with Crippen LogP contribution in [0, 0.1) is 0 Å². The molecule has 22 heavy (non-hydrogen) atoms. The minimum Gasteiger partial charge on any atom is -0.491 e. The number of hydrogen-bond donors (Lipinski definition) is 2. The molecular formula is C18H28N2O2. The Balaban J connectivity index is 1.73. The summed E-state index contributed by atoms with van der Waals surface area (Å²) >= 11 is 0. The lowest BCUT2D eigenvalue weighted by Crippen LogP contribution is -2.38. The van der Waals surface area contributed by atoms with Gasteiger partial charge in [-0.1, -0.05) is 25.7 Å². The largest absolute Gasteiger partial charge is 0.491 e. The van der Waals surface area contributed by atoms with Gasteiger partial charge >= 0.3 is 0 Å². The highest BCUT2D eigenvalue weighted by Crippen LogP contribution is 2.18. The second kappa shape index (κ2) is 8.66. The van der Waals surface area contributed by atoms with E-state index in [1.807, 2.05) is 38.1 Å². The molecule has 1 saturated carbocycles. The summed E-state index contributed by atoms with van der Waals surface area (Å²) in [5.74, 6) is 0.929. The lowest BCUT2D eigenvalue weighted by atomic mass is 10.1. The molecule has 0 heterocycles. The average molecular weight is 304 g/mol. The zero-order valence-corrected chi connectivity index (χ0v) is 13.7. The number of ether oxygens (including phenoxy) is 1. The average Bonchev–Trinajstić information content (AvgIpc) is 2.74. The molecule has 0 atom stereocenters. The molecule has 2 rings (SSSR count). The summed E-state index contributed by atoms with van der Waals surface area (Å²) in [6.45, 7) is 4.33. The lowest BCUT2D eigenvalue weighted by Gasteiger charge is -2.16. The monoisotopic (exact) mass is 304 g/mol. The third-order valence-corrected chi connectivity index (χ3v) is 3.90.